The first-order valence-electron chi connectivity index (χ1n) is 2.38. The van der Waals surface area contributed by atoms with Crippen LogP contribution in [0.1, 0.15) is 6.92 Å². The van der Waals surface area contributed by atoms with Crippen molar-refractivity contribution in [2.24, 2.45) is 0 Å². The molecule has 0 fully saturated rings. The molecule has 0 aliphatic carbocycles. The van der Waals surface area contributed by atoms with Gasteiger partial charge in [0, 0.05) is 6.92 Å². The fraction of sp³-hybridized carbons (Fsp3) is 0.333. The van der Waals surface area contributed by atoms with Crippen LogP contribution in [0.3, 0.4) is 0 Å². The highest BCUT2D eigenvalue weighted by Gasteiger charge is 1.95. The highest BCUT2D eigenvalue weighted by atomic mass is 16.5. The van der Waals surface area contributed by atoms with Gasteiger partial charge in [-0.25, -0.2) is 15.6 Å². The van der Waals surface area contributed by atoms with Crippen LogP contribution in [0.15, 0.2) is 0 Å². The van der Waals surface area contributed by atoms with Crippen molar-refractivity contribution in [3.8, 4) is 0 Å². The number of rotatable bonds is 1. The summed E-state index contributed by atoms with van der Waals surface area (Å²) in [6, 6.07) is -0.766. The van der Waals surface area contributed by atoms with Gasteiger partial charge in [-0.05, 0) is 0 Å². The third-order valence-corrected chi connectivity index (χ3v) is 0.521. The molecule has 0 aromatic carbocycles. The van der Waals surface area contributed by atoms with Crippen LogP contribution in [0.5, 0.6) is 0 Å². The average molecular weight is 148 g/mol. The number of hydrogen-bond donors (Lipinski definition) is 5. The van der Waals surface area contributed by atoms with E-state index in [9.17, 15) is 9.59 Å². The molecule has 0 bridgehead atoms. The zero-order valence-corrected chi connectivity index (χ0v) is 5.26. The quantitative estimate of drug-likeness (QED) is 0.284. The minimum atomic E-state index is -0.766. The maximum absolute atomic E-state index is 10.3. The summed E-state index contributed by atoms with van der Waals surface area (Å²) < 4.78 is 0. The number of nitrogens with one attached hydrogen (secondary N) is 4. The first-order chi connectivity index (χ1) is 4.66. The van der Waals surface area contributed by atoms with Gasteiger partial charge in [0.15, 0.2) is 0 Å². The normalized spacial score (nSPS) is 8.20. The number of hydrazine groups is 2. The fourth-order valence-electron chi connectivity index (χ4n) is 0.227. The van der Waals surface area contributed by atoms with E-state index in [1.807, 2.05) is 10.9 Å². The molecule has 0 aliphatic heterocycles. The Bertz CT molecular complexity index is 136. The van der Waals surface area contributed by atoms with Crippen LogP contribution < -0.4 is 21.9 Å². The minimum absolute atomic E-state index is 0.409. The molecule has 0 radical (unpaired) electrons. The number of urea groups is 1. The third-order valence-electron chi connectivity index (χ3n) is 0.521. The molecule has 7 heteroatoms. The van der Waals surface area contributed by atoms with Crippen molar-refractivity contribution in [1.82, 2.24) is 21.9 Å². The van der Waals surface area contributed by atoms with Gasteiger partial charge in [0.1, 0.15) is 0 Å². The van der Waals surface area contributed by atoms with Gasteiger partial charge < -0.3 is 0 Å². The zero-order chi connectivity index (χ0) is 7.98. The first-order valence-corrected chi connectivity index (χ1v) is 2.38. The lowest BCUT2D eigenvalue weighted by Gasteiger charge is -2.03. The largest absolute Gasteiger partial charge is 0.349 e. The first kappa shape index (κ1) is 8.66. The van der Waals surface area contributed by atoms with E-state index in [1.165, 1.54) is 12.5 Å². The Kier molecular flexibility index (Phi) is 3.92. The minimum Gasteiger partial charge on any atom is -0.297 e. The van der Waals surface area contributed by atoms with E-state index in [-0.39, 0.29) is 0 Å². The standard InChI is InChI=1S/C3H8N4O3/c1-2(8)4-5-3(9)6-7-10/h7,10H,1H3,(H,4,8)(H2,5,6,9). The summed E-state index contributed by atoms with van der Waals surface area (Å²) in [4.78, 5) is 20.4. The van der Waals surface area contributed by atoms with E-state index in [0.717, 1.165) is 0 Å². The van der Waals surface area contributed by atoms with Crippen molar-refractivity contribution >= 4 is 11.9 Å². The molecule has 7 nitrogen and oxygen atoms in total. The van der Waals surface area contributed by atoms with Crippen LogP contribution in [-0.4, -0.2) is 17.1 Å². The van der Waals surface area contributed by atoms with Gasteiger partial charge in [-0.15, -0.1) is 5.59 Å². The Morgan fingerprint density at radius 3 is 2.20 bits per heavy atom. The topological polar surface area (TPSA) is 102 Å². The van der Waals surface area contributed by atoms with Gasteiger partial charge in [-0.1, -0.05) is 0 Å². The van der Waals surface area contributed by atoms with Crippen molar-refractivity contribution in [2.75, 3.05) is 0 Å². The van der Waals surface area contributed by atoms with E-state index >= 15 is 0 Å². The molecule has 0 saturated heterocycles. The van der Waals surface area contributed by atoms with Crippen molar-refractivity contribution in [2.45, 2.75) is 6.92 Å². The molecule has 0 rings (SSSR count). The van der Waals surface area contributed by atoms with Crippen molar-refractivity contribution < 1.29 is 14.8 Å². The van der Waals surface area contributed by atoms with E-state index in [2.05, 4.69) is 0 Å². The molecular formula is C3H8N4O3. The Labute approximate surface area is 56.7 Å². The molecule has 10 heavy (non-hydrogen) atoms. The van der Waals surface area contributed by atoms with Crippen LogP contribution in [-0.2, 0) is 4.79 Å². The summed E-state index contributed by atoms with van der Waals surface area (Å²) in [5, 5.41) is 7.87. The summed E-state index contributed by atoms with van der Waals surface area (Å²) in [5.74, 6) is -0.409. The smallest absolute Gasteiger partial charge is 0.297 e. The number of carbonyl (C=O) groups is 2. The lowest BCUT2D eigenvalue weighted by atomic mass is 10.8. The molecule has 0 aromatic rings. The molecule has 0 saturated carbocycles. The van der Waals surface area contributed by atoms with Gasteiger partial charge in [0.05, 0.1) is 0 Å². The van der Waals surface area contributed by atoms with E-state index in [4.69, 9.17) is 5.21 Å². The molecule has 0 unspecified atom stereocenters. The molecule has 0 aliphatic rings. The summed E-state index contributed by atoms with van der Waals surface area (Å²) in [5.41, 5.74) is 7.01. The SMILES string of the molecule is CC(=O)NNC(=O)NNO. The maximum atomic E-state index is 10.3. The second-order valence-electron chi connectivity index (χ2n) is 1.37. The molecule has 0 spiro atoms. The van der Waals surface area contributed by atoms with Crippen LogP contribution in [0.25, 0.3) is 0 Å². The van der Waals surface area contributed by atoms with E-state index in [1.54, 1.807) is 5.43 Å². The van der Waals surface area contributed by atoms with Gasteiger partial charge in [0.25, 0.3) is 0 Å². The predicted molar refractivity (Wildman–Crippen MR) is 30.4 cm³/mol. The number of amides is 3. The Hall–Kier alpha value is -1.34. The van der Waals surface area contributed by atoms with Gasteiger partial charge >= 0.3 is 6.03 Å². The van der Waals surface area contributed by atoms with Crippen molar-refractivity contribution in [3.63, 3.8) is 0 Å². The van der Waals surface area contributed by atoms with Gasteiger partial charge in [0.2, 0.25) is 5.91 Å². The van der Waals surface area contributed by atoms with Crippen molar-refractivity contribution in [3.05, 3.63) is 0 Å². The van der Waals surface area contributed by atoms with Crippen LogP contribution in [0.4, 0.5) is 4.79 Å². The lowest BCUT2D eigenvalue weighted by molar-refractivity contribution is -0.119. The second-order valence-corrected chi connectivity index (χ2v) is 1.37. The Morgan fingerprint density at radius 1 is 1.20 bits per heavy atom. The fourth-order valence-corrected chi connectivity index (χ4v) is 0.227. The average Bonchev–Trinajstić information content (AvgIpc) is 1.85. The van der Waals surface area contributed by atoms with Gasteiger partial charge in [-0.2, -0.15) is 0 Å². The third kappa shape index (κ3) is 4.81. The Balaban J connectivity index is 3.30. The van der Waals surface area contributed by atoms with Crippen LogP contribution in [0.2, 0.25) is 0 Å². The summed E-state index contributed by atoms with van der Waals surface area (Å²) >= 11 is 0. The number of carbonyl (C=O) groups excluding carboxylic acids is 2. The molecule has 0 heterocycles. The molecule has 5 N–H and O–H groups in total. The lowest BCUT2D eigenvalue weighted by Crippen LogP contribution is -2.49. The van der Waals surface area contributed by atoms with Crippen molar-refractivity contribution in [1.29, 1.82) is 0 Å². The van der Waals surface area contributed by atoms with Crippen LogP contribution in [0, 0.1) is 0 Å². The maximum Gasteiger partial charge on any atom is 0.349 e. The Morgan fingerprint density at radius 2 is 1.80 bits per heavy atom. The summed E-state index contributed by atoms with van der Waals surface area (Å²) in [7, 11) is 0. The zero-order valence-electron chi connectivity index (χ0n) is 5.26. The summed E-state index contributed by atoms with van der Waals surface area (Å²) in [6.07, 6.45) is 0. The number of hydrogen-bond acceptors (Lipinski definition) is 4. The molecule has 58 valence electrons. The highest BCUT2D eigenvalue weighted by Crippen LogP contribution is 1.56. The predicted octanol–water partition coefficient (Wildman–Crippen LogP) is -1.77. The molecule has 3 amide bonds. The monoisotopic (exact) mass is 148 g/mol. The highest BCUT2D eigenvalue weighted by molar-refractivity contribution is 5.79. The van der Waals surface area contributed by atoms with E-state index in [0.29, 0.717) is 0 Å². The van der Waals surface area contributed by atoms with E-state index < -0.39 is 11.9 Å². The molecule has 0 atom stereocenters. The second kappa shape index (κ2) is 4.53. The molecule has 0 aromatic heterocycles. The molecular weight excluding hydrogens is 140 g/mol. The summed E-state index contributed by atoms with van der Waals surface area (Å²) in [6.45, 7) is 1.23. The van der Waals surface area contributed by atoms with Crippen LogP contribution >= 0.6 is 0 Å². The van der Waals surface area contributed by atoms with Gasteiger partial charge in [-0.3, -0.25) is 15.4 Å².